The van der Waals surface area contributed by atoms with Gasteiger partial charge in [0.15, 0.2) is 0 Å². The number of nitrogens with zero attached hydrogens (tertiary/aromatic N) is 1. The Bertz CT molecular complexity index is 1950. The lowest BCUT2D eigenvalue weighted by molar-refractivity contribution is 0.355. The molecule has 412 valence electrons. The SMILES string of the molecule is CCCC[Si](CCCC)(CCCC)c1ccc(P(c2ccc([Si](CCCC)(CCCC)CCCC)cc2)N(C2CCCCC2)P(c2ccc([Si](CCCC)(CCCC)CCCC)cc2)c2ccccc2SC)cc1. The van der Waals surface area contributed by atoms with Crippen LogP contribution < -0.4 is 36.8 Å². The average Bonchev–Trinajstić information content (AvgIpc) is 3.45. The van der Waals surface area contributed by atoms with Gasteiger partial charge in [0.25, 0.3) is 0 Å². The van der Waals surface area contributed by atoms with Crippen LogP contribution in [-0.4, -0.2) is 41.0 Å². The van der Waals surface area contributed by atoms with Crippen molar-refractivity contribution in [3.05, 3.63) is 97.1 Å². The van der Waals surface area contributed by atoms with Crippen LogP contribution in [0.4, 0.5) is 0 Å². The fourth-order valence-corrected chi connectivity index (χ4v) is 37.3. The van der Waals surface area contributed by atoms with E-state index in [-0.39, 0.29) is 0 Å². The second kappa shape index (κ2) is 34.7. The summed E-state index contributed by atoms with van der Waals surface area (Å²) in [6.45, 7) is 21.8. The highest BCUT2D eigenvalue weighted by Crippen LogP contribution is 2.58. The average molecular weight is 1110 g/mol. The minimum atomic E-state index is -1.68. The molecule has 1 unspecified atom stereocenters. The molecule has 0 heterocycles. The summed E-state index contributed by atoms with van der Waals surface area (Å²) in [5, 5.41) is 11.6. The minimum absolute atomic E-state index is 0.543. The second-order valence-corrected chi connectivity index (χ2v) is 42.5. The quantitative estimate of drug-likeness (QED) is 0.0250. The summed E-state index contributed by atoms with van der Waals surface area (Å²) < 4.78 is 3.28. The summed E-state index contributed by atoms with van der Waals surface area (Å²) in [5.74, 6) is 0. The van der Waals surface area contributed by atoms with Crippen molar-refractivity contribution in [1.29, 1.82) is 0 Å². The highest BCUT2D eigenvalue weighted by atomic mass is 32.2. The molecule has 0 bridgehead atoms. The molecule has 4 aromatic rings. The highest BCUT2D eigenvalue weighted by molar-refractivity contribution is 7.99. The molecule has 4 aromatic carbocycles. The van der Waals surface area contributed by atoms with Crippen LogP contribution in [0.2, 0.25) is 54.4 Å². The molecular formula is C67H111NP2SSi3. The Kier molecular flexibility index (Phi) is 29.7. The van der Waals surface area contributed by atoms with E-state index in [4.69, 9.17) is 0 Å². The number of hydrogen-bond acceptors (Lipinski definition) is 2. The molecule has 5 rings (SSSR count). The van der Waals surface area contributed by atoms with E-state index in [1.54, 1.807) is 36.8 Å². The Labute approximate surface area is 468 Å². The van der Waals surface area contributed by atoms with E-state index in [1.807, 2.05) is 11.8 Å². The Morgan fingerprint density at radius 1 is 0.378 bits per heavy atom. The molecule has 0 aliphatic heterocycles. The van der Waals surface area contributed by atoms with Crippen LogP contribution in [0, 0.1) is 0 Å². The van der Waals surface area contributed by atoms with Crippen molar-refractivity contribution in [2.45, 2.75) is 275 Å². The van der Waals surface area contributed by atoms with Gasteiger partial charge in [-0.15, -0.1) is 11.8 Å². The van der Waals surface area contributed by atoms with E-state index < -0.39 is 40.4 Å². The zero-order chi connectivity index (χ0) is 53.1. The predicted octanol–water partition coefficient (Wildman–Crippen LogP) is 19.6. The molecule has 1 fully saturated rings. The molecular weight excluding hydrogens is 997 g/mol. The molecule has 74 heavy (non-hydrogen) atoms. The van der Waals surface area contributed by atoms with E-state index in [0.29, 0.717) is 6.04 Å². The summed E-state index contributed by atoms with van der Waals surface area (Å²) in [7, 11) is -6.75. The van der Waals surface area contributed by atoms with E-state index in [2.05, 4.69) is 170 Å². The highest BCUT2D eigenvalue weighted by Gasteiger charge is 2.41. The van der Waals surface area contributed by atoms with E-state index >= 15 is 0 Å². The van der Waals surface area contributed by atoms with Crippen LogP contribution in [0.3, 0.4) is 0 Å². The standard InChI is InChI=1S/C67H111NP2SSi3/c1-11-20-50-72(51-21-12-2,52-22-13-3)63-44-38-60(39-45-63)69(61-40-46-64(47-41-61)73(53-23-14-4,54-24-15-5)55-25-16-6)68(59-34-30-29-31-35-59)70(66-36-32-33-37-67(66)71-10)62-42-48-65(49-43-62)74(56-26-17-7,57-27-18-8)58-28-19-9/h32-33,36-49,59H,11-31,34-35,50-58H2,1-10H3. The fourth-order valence-electron chi connectivity index (χ4n) is 13.2. The first-order valence-corrected chi connectivity index (χ1v) is 43.2. The number of benzene rings is 4. The van der Waals surface area contributed by atoms with Crippen molar-refractivity contribution in [3.8, 4) is 0 Å². The van der Waals surface area contributed by atoms with Crippen LogP contribution in [-0.2, 0) is 0 Å². The van der Waals surface area contributed by atoms with E-state index in [0.717, 1.165) is 0 Å². The molecule has 0 spiro atoms. The van der Waals surface area contributed by atoms with Gasteiger partial charge in [-0.1, -0.05) is 358 Å². The lowest BCUT2D eigenvalue weighted by Crippen LogP contribution is -2.48. The zero-order valence-corrected chi connectivity index (χ0v) is 55.3. The Balaban J connectivity index is 1.83. The zero-order valence-electron chi connectivity index (χ0n) is 49.7. The molecule has 0 aromatic heterocycles. The molecule has 0 radical (unpaired) electrons. The summed E-state index contributed by atoms with van der Waals surface area (Å²) >= 11 is 1.98. The Morgan fingerprint density at radius 2 is 0.662 bits per heavy atom. The molecule has 1 atom stereocenters. The predicted molar refractivity (Wildman–Crippen MR) is 352 cm³/mol. The third kappa shape index (κ3) is 17.4. The number of hydrogen-bond donors (Lipinski definition) is 0. The molecule has 0 N–H and O–H groups in total. The molecule has 1 nitrogen and oxygen atoms in total. The maximum absolute atomic E-state index is 3.28. The van der Waals surface area contributed by atoms with Gasteiger partial charge < -0.3 is 0 Å². The maximum atomic E-state index is 3.28. The molecule has 1 saturated carbocycles. The molecule has 0 saturated heterocycles. The van der Waals surface area contributed by atoms with E-state index in [9.17, 15) is 0 Å². The summed E-state index contributed by atoms with van der Waals surface area (Å²) in [6.07, 6.45) is 33.2. The fraction of sp³-hybridized carbons (Fsp3) is 0.642. The lowest BCUT2D eigenvalue weighted by atomic mass is 9.96. The Hall–Kier alpha value is -1.30. The topological polar surface area (TPSA) is 3.24 Å². The van der Waals surface area contributed by atoms with Crippen LogP contribution in [0.15, 0.2) is 102 Å². The third-order valence-corrected chi connectivity index (χ3v) is 41.0. The van der Waals surface area contributed by atoms with Crippen molar-refractivity contribution in [2.75, 3.05) is 6.26 Å². The van der Waals surface area contributed by atoms with Crippen molar-refractivity contribution >= 4 is 88.9 Å². The van der Waals surface area contributed by atoms with Crippen molar-refractivity contribution in [3.63, 3.8) is 0 Å². The molecule has 0 amide bonds. The molecule has 7 heteroatoms. The number of unbranched alkanes of at least 4 members (excludes halogenated alkanes) is 9. The number of rotatable bonds is 38. The first-order valence-electron chi connectivity index (χ1n) is 31.6. The van der Waals surface area contributed by atoms with Gasteiger partial charge in [-0.25, -0.2) is 4.44 Å². The Morgan fingerprint density at radius 3 is 0.946 bits per heavy atom. The van der Waals surface area contributed by atoms with Crippen molar-refractivity contribution in [1.82, 2.24) is 4.44 Å². The first-order chi connectivity index (χ1) is 36.2. The molecule has 1 aliphatic rings. The van der Waals surface area contributed by atoms with Crippen molar-refractivity contribution in [2.24, 2.45) is 0 Å². The van der Waals surface area contributed by atoms with Gasteiger partial charge in [0.1, 0.15) is 0 Å². The van der Waals surface area contributed by atoms with Crippen LogP contribution in [0.1, 0.15) is 210 Å². The summed E-state index contributed by atoms with van der Waals surface area (Å²) in [5.41, 5.74) is 0. The smallest absolute Gasteiger partial charge is 0.0867 e. The van der Waals surface area contributed by atoms with Gasteiger partial charge in [0, 0.05) is 32.4 Å². The van der Waals surface area contributed by atoms with Crippen LogP contribution >= 0.6 is 27.9 Å². The molecule has 1 aliphatic carbocycles. The van der Waals surface area contributed by atoms with Gasteiger partial charge in [-0.05, 0) is 41.1 Å². The second-order valence-electron chi connectivity index (χ2n) is 23.3. The largest absolute Gasteiger partial charge is 0.242 e. The van der Waals surface area contributed by atoms with Crippen LogP contribution in [0.25, 0.3) is 0 Å². The monoisotopic (exact) mass is 1110 g/mol. The van der Waals surface area contributed by atoms with Gasteiger partial charge in [0.2, 0.25) is 0 Å². The van der Waals surface area contributed by atoms with Gasteiger partial charge in [-0.3, -0.25) is 0 Å². The third-order valence-electron chi connectivity index (χ3n) is 17.9. The van der Waals surface area contributed by atoms with E-state index in [1.165, 1.54) is 207 Å². The normalized spacial score (nSPS) is 14.4. The summed E-state index contributed by atoms with van der Waals surface area (Å²) in [4.78, 5) is 1.47. The maximum Gasteiger partial charge on any atom is 0.0867 e. The lowest BCUT2D eigenvalue weighted by Gasteiger charge is -2.46. The minimum Gasteiger partial charge on any atom is -0.242 e. The van der Waals surface area contributed by atoms with Crippen molar-refractivity contribution < 1.29 is 0 Å². The van der Waals surface area contributed by atoms with Gasteiger partial charge >= 0.3 is 0 Å². The number of thioether (sulfide) groups is 1. The first kappa shape index (κ1) is 63.5. The van der Waals surface area contributed by atoms with Crippen LogP contribution in [0.5, 0.6) is 0 Å². The summed E-state index contributed by atoms with van der Waals surface area (Å²) in [6, 6.07) is 56.1. The van der Waals surface area contributed by atoms with Gasteiger partial charge in [0.05, 0.1) is 24.2 Å². The van der Waals surface area contributed by atoms with Gasteiger partial charge in [-0.2, -0.15) is 0 Å².